The van der Waals surface area contributed by atoms with Crippen LogP contribution in [0.25, 0.3) is 0 Å². The first-order chi connectivity index (χ1) is 7.40. The number of hydrogen-bond acceptors (Lipinski definition) is 3. The molecule has 0 amide bonds. The van der Waals surface area contributed by atoms with E-state index in [1.54, 1.807) is 13.8 Å². The van der Waals surface area contributed by atoms with Gasteiger partial charge < -0.3 is 15.3 Å². The molecule has 0 aliphatic carbocycles. The molecule has 0 rings (SSSR count). The number of hydrogen-bond donors (Lipinski definition) is 3. The van der Waals surface area contributed by atoms with Gasteiger partial charge in [0.2, 0.25) is 0 Å². The van der Waals surface area contributed by atoms with Crippen molar-refractivity contribution >= 4 is 5.97 Å². The molecule has 0 aromatic heterocycles. The highest BCUT2D eigenvalue weighted by Crippen LogP contribution is 2.11. The number of aliphatic hydroxyl groups is 2. The van der Waals surface area contributed by atoms with Crippen molar-refractivity contribution in [1.29, 1.82) is 0 Å². The summed E-state index contributed by atoms with van der Waals surface area (Å²) in [5.74, 6) is -0.889. The van der Waals surface area contributed by atoms with E-state index in [0.29, 0.717) is 0 Å². The van der Waals surface area contributed by atoms with E-state index >= 15 is 0 Å². The van der Waals surface area contributed by atoms with Crippen molar-refractivity contribution in [3.05, 3.63) is 0 Å². The highest BCUT2D eigenvalue weighted by molar-refractivity contribution is 5.68. The summed E-state index contributed by atoms with van der Waals surface area (Å²) >= 11 is 0. The fourth-order valence-electron chi connectivity index (χ4n) is 1.05. The first-order valence-corrected chi connectivity index (χ1v) is 5.92. The summed E-state index contributed by atoms with van der Waals surface area (Å²) < 4.78 is 0. The van der Waals surface area contributed by atoms with Gasteiger partial charge in [0, 0.05) is 12.5 Å². The predicted octanol–water partition coefficient (Wildman–Crippen LogP) is 1.89. The molecule has 0 bridgehead atoms. The van der Waals surface area contributed by atoms with Gasteiger partial charge in [-0.25, -0.2) is 0 Å². The Bertz CT molecular complexity index is 164. The molecule has 3 N–H and O–H groups in total. The largest absolute Gasteiger partial charge is 0.481 e. The summed E-state index contributed by atoms with van der Waals surface area (Å²) in [6, 6.07) is 0. The molecule has 0 radical (unpaired) electrons. The molecule has 0 aromatic carbocycles. The third-order valence-electron chi connectivity index (χ3n) is 2.38. The van der Waals surface area contributed by atoms with Crippen LogP contribution in [0.15, 0.2) is 0 Å². The molecule has 0 spiro atoms. The van der Waals surface area contributed by atoms with E-state index in [1.165, 1.54) is 0 Å². The van der Waals surface area contributed by atoms with Crippen molar-refractivity contribution in [2.75, 3.05) is 6.61 Å². The van der Waals surface area contributed by atoms with Gasteiger partial charge in [-0.3, -0.25) is 4.79 Å². The Morgan fingerprint density at radius 1 is 1.25 bits per heavy atom. The summed E-state index contributed by atoms with van der Waals surface area (Å²) in [5, 5.41) is 26.1. The normalized spacial score (nSPS) is 13.9. The molecule has 0 aliphatic heterocycles. The standard InChI is InChI=1S/C8H18O2.C4H8O2/c1-3-5-8(10)7(4-2)6-9;1-3(2)4(5)6/h7-10H,3-6H2,1-2H3;3H,1-2H3,(H,5,6). The zero-order valence-electron chi connectivity index (χ0n) is 10.8. The van der Waals surface area contributed by atoms with E-state index in [-0.39, 0.29) is 24.5 Å². The van der Waals surface area contributed by atoms with Crippen LogP contribution in [0, 0.1) is 11.8 Å². The van der Waals surface area contributed by atoms with Crippen molar-refractivity contribution in [3.63, 3.8) is 0 Å². The molecule has 2 atom stereocenters. The Kier molecular flexibility index (Phi) is 12.1. The molecule has 98 valence electrons. The van der Waals surface area contributed by atoms with Gasteiger partial charge in [0.25, 0.3) is 0 Å². The summed E-state index contributed by atoms with van der Waals surface area (Å²) in [4.78, 5) is 9.70. The number of aliphatic carboxylic acids is 1. The van der Waals surface area contributed by atoms with Crippen LogP contribution >= 0.6 is 0 Å². The molecular weight excluding hydrogens is 208 g/mol. The zero-order valence-corrected chi connectivity index (χ0v) is 10.8. The highest BCUT2D eigenvalue weighted by Gasteiger charge is 2.14. The van der Waals surface area contributed by atoms with Gasteiger partial charge in [0.1, 0.15) is 0 Å². The number of carboxylic acids is 1. The molecule has 16 heavy (non-hydrogen) atoms. The molecule has 0 fully saturated rings. The smallest absolute Gasteiger partial charge is 0.305 e. The van der Waals surface area contributed by atoms with Crippen molar-refractivity contribution < 1.29 is 20.1 Å². The van der Waals surface area contributed by atoms with Crippen LogP contribution < -0.4 is 0 Å². The Balaban J connectivity index is 0. The molecular formula is C12H26O4. The molecule has 4 nitrogen and oxygen atoms in total. The highest BCUT2D eigenvalue weighted by atomic mass is 16.4. The number of carboxylic acid groups (broad SMARTS) is 1. The maximum atomic E-state index is 9.70. The minimum Gasteiger partial charge on any atom is -0.481 e. The molecule has 0 aliphatic rings. The van der Waals surface area contributed by atoms with E-state index < -0.39 is 5.97 Å². The second kappa shape index (κ2) is 10.9. The second-order valence-corrected chi connectivity index (χ2v) is 4.20. The fourth-order valence-corrected chi connectivity index (χ4v) is 1.05. The van der Waals surface area contributed by atoms with Gasteiger partial charge in [-0.1, -0.05) is 34.1 Å². The van der Waals surface area contributed by atoms with Gasteiger partial charge in [0.05, 0.1) is 12.0 Å². The molecule has 0 heterocycles. The van der Waals surface area contributed by atoms with Crippen molar-refractivity contribution in [2.24, 2.45) is 11.8 Å². The Morgan fingerprint density at radius 3 is 1.88 bits per heavy atom. The number of aliphatic hydroxyl groups excluding tert-OH is 2. The summed E-state index contributed by atoms with van der Waals surface area (Å²) in [6.07, 6.45) is 2.34. The topological polar surface area (TPSA) is 77.8 Å². The summed E-state index contributed by atoms with van der Waals surface area (Å²) in [7, 11) is 0. The van der Waals surface area contributed by atoms with Crippen LogP contribution in [0.4, 0.5) is 0 Å². The predicted molar refractivity (Wildman–Crippen MR) is 64.3 cm³/mol. The number of rotatable bonds is 6. The van der Waals surface area contributed by atoms with E-state index in [2.05, 4.69) is 0 Å². The van der Waals surface area contributed by atoms with Gasteiger partial charge >= 0.3 is 5.97 Å². The van der Waals surface area contributed by atoms with Gasteiger partial charge in [-0.2, -0.15) is 0 Å². The molecule has 4 heteroatoms. The minimum atomic E-state index is -0.741. The maximum Gasteiger partial charge on any atom is 0.305 e. The van der Waals surface area contributed by atoms with E-state index in [9.17, 15) is 9.90 Å². The van der Waals surface area contributed by atoms with Crippen molar-refractivity contribution in [1.82, 2.24) is 0 Å². The maximum absolute atomic E-state index is 9.70. The monoisotopic (exact) mass is 234 g/mol. The molecule has 0 saturated heterocycles. The van der Waals surface area contributed by atoms with Gasteiger partial charge in [-0.15, -0.1) is 0 Å². The summed E-state index contributed by atoms with van der Waals surface area (Å²) in [5.41, 5.74) is 0. The first-order valence-electron chi connectivity index (χ1n) is 5.92. The fraction of sp³-hybridized carbons (Fsp3) is 0.917. The van der Waals surface area contributed by atoms with Crippen molar-refractivity contribution in [2.45, 2.75) is 53.1 Å². The Morgan fingerprint density at radius 2 is 1.69 bits per heavy atom. The Hall–Kier alpha value is -0.610. The van der Waals surface area contributed by atoms with E-state index in [4.69, 9.17) is 10.2 Å². The number of carbonyl (C=O) groups is 1. The van der Waals surface area contributed by atoms with Crippen molar-refractivity contribution in [3.8, 4) is 0 Å². The zero-order chi connectivity index (χ0) is 13.1. The van der Waals surface area contributed by atoms with Crippen LogP contribution in [0.5, 0.6) is 0 Å². The molecule has 0 aromatic rings. The van der Waals surface area contributed by atoms with E-state index in [0.717, 1.165) is 19.3 Å². The third-order valence-corrected chi connectivity index (χ3v) is 2.38. The first kappa shape index (κ1) is 17.8. The minimum absolute atomic E-state index is 0.0833. The second-order valence-electron chi connectivity index (χ2n) is 4.20. The van der Waals surface area contributed by atoms with Crippen LogP contribution in [0.3, 0.4) is 0 Å². The van der Waals surface area contributed by atoms with Gasteiger partial charge in [-0.05, 0) is 12.8 Å². The van der Waals surface area contributed by atoms with Gasteiger partial charge in [0.15, 0.2) is 0 Å². The lowest BCUT2D eigenvalue weighted by Gasteiger charge is -2.17. The molecule has 2 unspecified atom stereocenters. The third kappa shape index (κ3) is 9.93. The average Bonchev–Trinajstić information content (AvgIpc) is 2.20. The lowest BCUT2D eigenvalue weighted by molar-refractivity contribution is -0.140. The molecule has 0 saturated carbocycles. The summed E-state index contributed by atoms with van der Waals surface area (Å²) in [6.45, 7) is 7.41. The average molecular weight is 234 g/mol. The SMILES string of the molecule is CC(C)C(=O)O.CCCC(O)C(CC)CO. The lowest BCUT2D eigenvalue weighted by atomic mass is 9.97. The van der Waals surface area contributed by atoms with Crippen LogP contribution in [0.1, 0.15) is 47.0 Å². The lowest BCUT2D eigenvalue weighted by Crippen LogP contribution is -2.22. The van der Waals surface area contributed by atoms with E-state index in [1.807, 2.05) is 13.8 Å². The van der Waals surface area contributed by atoms with Crippen LogP contribution in [0.2, 0.25) is 0 Å². The van der Waals surface area contributed by atoms with Crippen LogP contribution in [-0.4, -0.2) is 34.0 Å². The quantitative estimate of drug-likeness (QED) is 0.656. The van der Waals surface area contributed by atoms with Crippen LogP contribution in [-0.2, 0) is 4.79 Å². The Labute approximate surface area is 98.3 Å².